The number of hydrogen-bond acceptors (Lipinski definition) is 2. The van der Waals surface area contributed by atoms with Gasteiger partial charge < -0.3 is 9.90 Å². The number of halogens is 6. The minimum Gasteiger partial charge on any atom is -0.544 e. The first-order valence-corrected chi connectivity index (χ1v) is 2.40. The zero-order chi connectivity index (χ0) is 10.2. The second-order valence-electron chi connectivity index (χ2n) is 1.81. The van der Waals surface area contributed by atoms with Crippen molar-refractivity contribution in [3.05, 3.63) is 0 Å². The third-order valence-electron chi connectivity index (χ3n) is 0.878. The summed E-state index contributed by atoms with van der Waals surface area (Å²) < 4.78 is 68.5. The van der Waals surface area contributed by atoms with Crippen molar-refractivity contribution in [2.24, 2.45) is 0 Å². The van der Waals surface area contributed by atoms with E-state index in [-0.39, 0.29) is 51.4 Å². The molecule has 0 spiro atoms. The maximum atomic E-state index is 11.7. The van der Waals surface area contributed by atoms with Crippen LogP contribution in [0.2, 0.25) is 0 Å². The molecule has 0 aromatic rings. The van der Waals surface area contributed by atoms with Crippen molar-refractivity contribution in [1.29, 1.82) is 0 Å². The normalized spacial score (nSPS) is 14.6. The maximum absolute atomic E-state index is 11.7. The fraction of sp³-hybridized carbons (Fsp3) is 0.750. The standard InChI is InChI=1S/C4H2F6O2.K/c5-1(4(8,9)10)3(6,7)2(11)12;/h1H,(H,11,12);/q;+1/p-1. The Labute approximate surface area is 111 Å². The number of carbonyl (C=O) groups excluding carboxylic acids is 1. The van der Waals surface area contributed by atoms with E-state index in [2.05, 4.69) is 0 Å². The first kappa shape index (κ1) is 16.1. The molecule has 13 heavy (non-hydrogen) atoms. The summed E-state index contributed by atoms with van der Waals surface area (Å²) in [6, 6.07) is 0. The minimum absolute atomic E-state index is 0. The molecule has 1 atom stereocenters. The SMILES string of the molecule is O=C([O-])C(F)(F)C(F)C(F)(F)F.[K+]. The number of carboxylic acids is 1. The number of carbonyl (C=O) groups is 1. The van der Waals surface area contributed by atoms with E-state index in [4.69, 9.17) is 0 Å². The Bertz CT molecular complexity index is 190. The van der Waals surface area contributed by atoms with E-state index in [1.807, 2.05) is 0 Å². The van der Waals surface area contributed by atoms with Crippen molar-refractivity contribution in [3.8, 4) is 0 Å². The second kappa shape index (κ2) is 4.96. The van der Waals surface area contributed by atoms with Gasteiger partial charge in [0.05, 0.1) is 0 Å². The van der Waals surface area contributed by atoms with E-state index in [1.54, 1.807) is 0 Å². The fourth-order valence-corrected chi connectivity index (χ4v) is 0.309. The van der Waals surface area contributed by atoms with Gasteiger partial charge in [0.15, 0.2) is 0 Å². The van der Waals surface area contributed by atoms with Gasteiger partial charge in [-0.2, -0.15) is 22.0 Å². The Morgan fingerprint density at radius 1 is 1.15 bits per heavy atom. The van der Waals surface area contributed by atoms with Crippen LogP contribution in [0.4, 0.5) is 26.3 Å². The average Bonchev–Trinajstić information content (AvgIpc) is 1.83. The average molecular weight is 234 g/mol. The molecular formula is C4HF6KO2. The number of carboxylic acid groups (broad SMARTS) is 1. The predicted octanol–water partition coefficient (Wildman–Crippen LogP) is -2.72. The van der Waals surface area contributed by atoms with Crippen LogP contribution in [0.1, 0.15) is 0 Å². The van der Waals surface area contributed by atoms with Crippen molar-refractivity contribution < 1.29 is 87.6 Å². The summed E-state index contributed by atoms with van der Waals surface area (Å²) in [5, 5.41) is 9.31. The quantitative estimate of drug-likeness (QED) is 0.384. The van der Waals surface area contributed by atoms with Gasteiger partial charge in [-0.25, -0.2) is 4.39 Å². The molecule has 0 aliphatic rings. The van der Waals surface area contributed by atoms with Crippen LogP contribution in [-0.4, -0.2) is 24.2 Å². The van der Waals surface area contributed by atoms with Crippen LogP contribution in [0.5, 0.6) is 0 Å². The van der Waals surface area contributed by atoms with Crippen molar-refractivity contribution >= 4 is 5.97 Å². The van der Waals surface area contributed by atoms with Gasteiger partial charge in [-0.3, -0.25) is 0 Å². The first-order valence-electron chi connectivity index (χ1n) is 2.40. The zero-order valence-electron chi connectivity index (χ0n) is 6.16. The Hall–Kier alpha value is 0.686. The predicted molar refractivity (Wildman–Crippen MR) is 20.9 cm³/mol. The Kier molecular flexibility index (Phi) is 6.16. The van der Waals surface area contributed by atoms with Gasteiger partial charge in [-0.05, 0) is 0 Å². The summed E-state index contributed by atoms with van der Waals surface area (Å²) in [6.45, 7) is 0. The summed E-state index contributed by atoms with van der Waals surface area (Å²) >= 11 is 0. The molecule has 9 heteroatoms. The smallest absolute Gasteiger partial charge is 0.544 e. The number of rotatable bonds is 2. The molecule has 0 amide bonds. The molecule has 0 fully saturated rings. The molecule has 0 aliphatic carbocycles. The Morgan fingerprint density at radius 2 is 1.46 bits per heavy atom. The molecule has 0 bridgehead atoms. The van der Waals surface area contributed by atoms with Crippen molar-refractivity contribution in [3.63, 3.8) is 0 Å². The second-order valence-corrected chi connectivity index (χ2v) is 1.81. The summed E-state index contributed by atoms with van der Waals surface area (Å²) in [7, 11) is 0. The van der Waals surface area contributed by atoms with Gasteiger partial charge in [-0.15, -0.1) is 0 Å². The molecule has 1 unspecified atom stereocenters. The van der Waals surface area contributed by atoms with Gasteiger partial charge >= 0.3 is 63.5 Å². The van der Waals surface area contributed by atoms with Crippen molar-refractivity contribution in [1.82, 2.24) is 0 Å². The fourth-order valence-electron chi connectivity index (χ4n) is 0.309. The van der Waals surface area contributed by atoms with E-state index >= 15 is 0 Å². The Balaban J connectivity index is 0. The molecule has 0 rings (SSSR count). The molecule has 2 nitrogen and oxygen atoms in total. The van der Waals surface area contributed by atoms with Crippen molar-refractivity contribution in [2.45, 2.75) is 18.3 Å². The molecule has 72 valence electrons. The number of alkyl halides is 6. The van der Waals surface area contributed by atoms with Gasteiger partial charge in [0, 0.05) is 0 Å². The van der Waals surface area contributed by atoms with Gasteiger partial charge in [0.25, 0.3) is 6.17 Å². The van der Waals surface area contributed by atoms with E-state index in [9.17, 15) is 36.2 Å². The van der Waals surface area contributed by atoms with Gasteiger partial charge in [0.1, 0.15) is 5.97 Å². The largest absolute Gasteiger partial charge is 1.00 e. The van der Waals surface area contributed by atoms with Crippen LogP contribution in [0.15, 0.2) is 0 Å². The maximum Gasteiger partial charge on any atom is 1.00 e. The van der Waals surface area contributed by atoms with Crippen LogP contribution < -0.4 is 56.5 Å². The molecular weight excluding hydrogens is 233 g/mol. The van der Waals surface area contributed by atoms with Gasteiger partial charge in [-0.1, -0.05) is 0 Å². The monoisotopic (exact) mass is 234 g/mol. The first-order chi connectivity index (χ1) is 5.10. The van der Waals surface area contributed by atoms with E-state index in [1.165, 1.54) is 0 Å². The molecule has 0 heterocycles. The van der Waals surface area contributed by atoms with E-state index in [0.29, 0.717) is 0 Å². The van der Waals surface area contributed by atoms with Crippen molar-refractivity contribution in [2.75, 3.05) is 0 Å². The topological polar surface area (TPSA) is 40.1 Å². The molecule has 0 saturated carbocycles. The van der Waals surface area contributed by atoms with Crippen LogP contribution in [-0.2, 0) is 4.79 Å². The minimum atomic E-state index is -5.91. The third kappa shape index (κ3) is 4.15. The summed E-state index contributed by atoms with van der Waals surface area (Å²) in [5.41, 5.74) is 0. The van der Waals surface area contributed by atoms with Gasteiger partial charge in [0.2, 0.25) is 0 Å². The van der Waals surface area contributed by atoms with Crippen LogP contribution in [0.25, 0.3) is 0 Å². The molecule has 0 aromatic carbocycles. The third-order valence-corrected chi connectivity index (χ3v) is 0.878. The molecule has 0 N–H and O–H groups in total. The summed E-state index contributed by atoms with van der Waals surface area (Å²) in [6.07, 6.45) is -10.7. The van der Waals surface area contributed by atoms with Crippen LogP contribution in [0.3, 0.4) is 0 Å². The molecule has 0 saturated heterocycles. The summed E-state index contributed by atoms with van der Waals surface area (Å²) in [4.78, 5) is 9.31. The number of hydrogen-bond donors (Lipinski definition) is 0. The molecule has 0 aliphatic heterocycles. The Morgan fingerprint density at radius 3 is 1.54 bits per heavy atom. The van der Waals surface area contributed by atoms with Crippen LogP contribution in [0, 0.1) is 0 Å². The van der Waals surface area contributed by atoms with E-state index < -0.39 is 24.2 Å². The molecule has 0 aromatic heterocycles. The summed E-state index contributed by atoms with van der Waals surface area (Å²) in [5.74, 6) is -8.94. The zero-order valence-corrected chi connectivity index (χ0v) is 9.28. The van der Waals surface area contributed by atoms with Crippen LogP contribution >= 0.6 is 0 Å². The van der Waals surface area contributed by atoms with E-state index in [0.717, 1.165) is 0 Å². The molecule has 0 radical (unpaired) electrons. The number of aliphatic carboxylic acids is 1.